The number of hydrogen-bond acceptors (Lipinski definition) is 3. The summed E-state index contributed by atoms with van der Waals surface area (Å²) in [5, 5.41) is 0. The Labute approximate surface area is 110 Å². The molecule has 1 fully saturated rings. The average Bonchev–Trinajstić information content (AvgIpc) is 3.01. The van der Waals surface area contributed by atoms with Crippen molar-refractivity contribution in [2.24, 2.45) is 5.73 Å². The monoisotopic (exact) mass is 245 g/mol. The zero-order chi connectivity index (χ0) is 12.5. The van der Waals surface area contributed by atoms with Crippen LogP contribution in [0.3, 0.4) is 0 Å². The molecule has 1 aromatic carbocycles. The van der Waals surface area contributed by atoms with Crippen LogP contribution in [0.4, 0.5) is 5.69 Å². The van der Waals surface area contributed by atoms with Crippen molar-refractivity contribution in [3.8, 4) is 0 Å². The molecule has 0 bridgehead atoms. The second kappa shape index (κ2) is 4.90. The molecule has 2 N–H and O–H groups in total. The molecule has 98 valence electrons. The van der Waals surface area contributed by atoms with Crippen LogP contribution in [0, 0.1) is 0 Å². The molecule has 0 aromatic heterocycles. The number of nitrogens with two attached hydrogens (primary N) is 1. The van der Waals surface area contributed by atoms with E-state index < -0.39 is 0 Å². The summed E-state index contributed by atoms with van der Waals surface area (Å²) in [7, 11) is 2.17. The third-order valence-electron chi connectivity index (χ3n) is 4.42. The molecule has 3 heteroatoms. The summed E-state index contributed by atoms with van der Waals surface area (Å²) >= 11 is 0. The van der Waals surface area contributed by atoms with Crippen molar-refractivity contribution in [2.75, 3.05) is 38.1 Å². The lowest BCUT2D eigenvalue weighted by molar-refractivity contribution is 0.251. The molecule has 2 aliphatic rings. The Morgan fingerprint density at radius 3 is 2.72 bits per heavy atom. The summed E-state index contributed by atoms with van der Waals surface area (Å²) in [6.07, 6.45) is 3.82. The van der Waals surface area contributed by atoms with Crippen molar-refractivity contribution in [3.63, 3.8) is 0 Å². The normalized spacial score (nSPS) is 21.3. The summed E-state index contributed by atoms with van der Waals surface area (Å²) in [4.78, 5) is 4.88. The number of fused-ring (bicyclic) bond motifs is 1. The largest absolute Gasteiger partial charge is 0.374 e. The van der Waals surface area contributed by atoms with Gasteiger partial charge in [-0.3, -0.25) is 4.90 Å². The first-order valence-corrected chi connectivity index (χ1v) is 7.07. The first-order valence-electron chi connectivity index (χ1n) is 7.07. The number of likely N-dealkylation sites (N-methyl/N-ethyl adjacent to an activating group) is 1. The minimum absolute atomic E-state index is 0.420. The van der Waals surface area contributed by atoms with Gasteiger partial charge in [0.05, 0.1) is 0 Å². The molecule has 2 aliphatic heterocycles. The molecule has 3 rings (SSSR count). The Kier molecular flexibility index (Phi) is 3.27. The van der Waals surface area contributed by atoms with Gasteiger partial charge in [0.15, 0.2) is 0 Å². The topological polar surface area (TPSA) is 32.5 Å². The molecule has 1 atom stereocenters. The van der Waals surface area contributed by atoms with Gasteiger partial charge in [0.2, 0.25) is 0 Å². The molecule has 1 saturated heterocycles. The third-order valence-corrected chi connectivity index (χ3v) is 4.42. The highest BCUT2D eigenvalue weighted by molar-refractivity contribution is 5.58. The summed E-state index contributed by atoms with van der Waals surface area (Å²) in [5.41, 5.74) is 10.3. The number of nitrogens with zero attached hydrogens (tertiary/aromatic N) is 2. The van der Waals surface area contributed by atoms with Crippen molar-refractivity contribution < 1.29 is 0 Å². The molecule has 0 amide bonds. The Morgan fingerprint density at radius 1 is 1.22 bits per heavy atom. The van der Waals surface area contributed by atoms with Crippen LogP contribution >= 0.6 is 0 Å². The predicted octanol–water partition coefficient (Wildman–Crippen LogP) is 1.77. The van der Waals surface area contributed by atoms with Crippen molar-refractivity contribution in [3.05, 3.63) is 29.3 Å². The Balaban J connectivity index is 1.86. The SMILES string of the molecule is CN1CCc2cc([C@H](CN)N3CCCC3)ccc21. The fraction of sp³-hybridized carbons (Fsp3) is 0.600. The van der Waals surface area contributed by atoms with Gasteiger partial charge in [-0.1, -0.05) is 12.1 Å². The average molecular weight is 245 g/mol. The van der Waals surface area contributed by atoms with Crippen molar-refractivity contribution in [1.29, 1.82) is 0 Å². The van der Waals surface area contributed by atoms with E-state index in [-0.39, 0.29) is 0 Å². The molecule has 0 unspecified atom stereocenters. The summed E-state index contributed by atoms with van der Waals surface area (Å²) < 4.78 is 0. The van der Waals surface area contributed by atoms with E-state index in [0.717, 1.165) is 13.1 Å². The lowest BCUT2D eigenvalue weighted by atomic mass is 10.0. The van der Waals surface area contributed by atoms with E-state index in [1.54, 1.807) is 0 Å². The van der Waals surface area contributed by atoms with Crippen LogP contribution in [0.1, 0.15) is 30.0 Å². The molecule has 0 spiro atoms. The second-order valence-corrected chi connectivity index (χ2v) is 5.55. The van der Waals surface area contributed by atoms with Gasteiger partial charge in [0.25, 0.3) is 0 Å². The van der Waals surface area contributed by atoms with Gasteiger partial charge in [0.1, 0.15) is 0 Å². The number of benzene rings is 1. The lowest BCUT2D eigenvalue weighted by Crippen LogP contribution is -2.31. The van der Waals surface area contributed by atoms with Gasteiger partial charge < -0.3 is 10.6 Å². The van der Waals surface area contributed by atoms with Crippen LogP contribution in [0.15, 0.2) is 18.2 Å². The highest BCUT2D eigenvalue weighted by Gasteiger charge is 2.24. The zero-order valence-electron chi connectivity index (χ0n) is 11.2. The molecule has 0 radical (unpaired) electrons. The van der Waals surface area contributed by atoms with E-state index in [1.165, 1.54) is 49.2 Å². The van der Waals surface area contributed by atoms with Gasteiger partial charge in [-0.25, -0.2) is 0 Å². The van der Waals surface area contributed by atoms with E-state index in [9.17, 15) is 0 Å². The molecule has 0 saturated carbocycles. The maximum absolute atomic E-state index is 6.01. The molecule has 18 heavy (non-hydrogen) atoms. The molecule has 1 aromatic rings. The molecule has 0 aliphatic carbocycles. The van der Waals surface area contributed by atoms with E-state index >= 15 is 0 Å². The van der Waals surface area contributed by atoms with Crippen LogP contribution in [-0.4, -0.2) is 38.1 Å². The van der Waals surface area contributed by atoms with E-state index in [2.05, 4.69) is 35.0 Å². The first kappa shape index (κ1) is 12.0. The summed E-state index contributed by atoms with van der Waals surface area (Å²) in [6.45, 7) is 4.29. The molecular formula is C15H23N3. The summed E-state index contributed by atoms with van der Waals surface area (Å²) in [6, 6.07) is 7.35. The fourth-order valence-corrected chi connectivity index (χ4v) is 3.34. The number of anilines is 1. The minimum Gasteiger partial charge on any atom is -0.374 e. The molecular weight excluding hydrogens is 222 g/mol. The Morgan fingerprint density at radius 2 is 2.00 bits per heavy atom. The second-order valence-electron chi connectivity index (χ2n) is 5.55. The van der Waals surface area contributed by atoms with E-state index in [1.807, 2.05) is 0 Å². The highest BCUT2D eigenvalue weighted by Crippen LogP contribution is 2.31. The van der Waals surface area contributed by atoms with Crippen molar-refractivity contribution >= 4 is 5.69 Å². The standard InChI is InChI=1S/C15H23N3/c1-17-9-6-13-10-12(4-5-14(13)17)15(11-16)18-7-2-3-8-18/h4-5,10,15H,2-3,6-9,11,16H2,1H3/t15-/m0/s1. The maximum Gasteiger partial charge on any atom is 0.0470 e. The number of rotatable bonds is 3. The highest BCUT2D eigenvalue weighted by atomic mass is 15.2. The van der Waals surface area contributed by atoms with Crippen molar-refractivity contribution in [2.45, 2.75) is 25.3 Å². The predicted molar refractivity (Wildman–Crippen MR) is 76.0 cm³/mol. The molecule has 2 heterocycles. The van der Waals surface area contributed by atoms with Gasteiger partial charge in [-0.15, -0.1) is 0 Å². The number of likely N-dealkylation sites (tertiary alicyclic amines) is 1. The van der Waals surface area contributed by atoms with Crippen LogP contribution in [0.2, 0.25) is 0 Å². The fourth-order valence-electron chi connectivity index (χ4n) is 3.34. The van der Waals surface area contributed by atoms with Crippen molar-refractivity contribution in [1.82, 2.24) is 4.90 Å². The maximum atomic E-state index is 6.01. The van der Waals surface area contributed by atoms with Gasteiger partial charge >= 0.3 is 0 Å². The van der Waals surface area contributed by atoms with E-state index in [0.29, 0.717) is 6.04 Å². The van der Waals surface area contributed by atoms with Crippen LogP contribution in [0.25, 0.3) is 0 Å². The Bertz CT molecular complexity index is 424. The third kappa shape index (κ3) is 2.02. The minimum atomic E-state index is 0.420. The van der Waals surface area contributed by atoms with Gasteiger partial charge in [-0.2, -0.15) is 0 Å². The zero-order valence-corrected chi connectivity index (χ0v) is 11.2. The van der Waals surface area contributed by atoms with Gasteiger partial charge in [-0.05, 0) is 49.5 Å². The van der Waals surface area contributed by atoms with Crippen LogP contribution in [-0.2, 0) is 6.42 Å². The summed E-state index contributed by atoms with van der Waals surface area (Å²) in [5.74, 6) is 0. The van der Waals surface area contributed by atoms with Crippen LogP contribution in [0.5, 0.6) is 0 Å². The van der Waals surface area contributed by atoms with Crippen LogP contribution < -0.4 is 10.6 Å². The number of hydrogen-bond donors (Lipinski definition) is 1. The quantitative estimate of drug-likeness (QED) is 0.881. The molecule has 3 nitrogen and oxygen atoms in total. The smallest absolute Gasteiger partial charge is 0.0470 e. The first-order chi connectivity index (χ1) is 8.79. The van der Waals surface area contributed by atoms with E-state index in [4.69, 9.17) is 5.73 Å². The Hall–Kier alpha value is -1.06. The van der Waals surface area contributed by atoms with Gasteiger partial charge in [0, 0.05) is 31.9 Å². The lowest BCUT2D eigenvalue weighted by Gasteiger charge is -2.27.